The van der Waals surface area contributed by atoms with Crippen LogP contribution in [0, 0.1) is 0 Å². The van der Waals surface area contributed by atoms with Crippen molar-refractivity contribution in [2.45, 2.75) is 11.3 Å². The van der Waals surface area contributed by atoms with Crippen LogP contribution in [0.1, 0.15) is 15.9 Å². The molecular weight excluding hydrogens is 258 g/mol. The number of phenols is 1. The number of aromatic hydroxyl groups is 1. The SMILES string of the molecule is O=C(NCCc1ccc(O)cc1)c1ccc(S)cc1. The van der Waals surface area contributed by atoms with Crippen LogP contribution < -0.4 is 5.32 Å². The third-order valence-corrected chi connectivity index (χ3v) is 3.06. The number of hydrogen-bond donors (Lipinski definition) is 3. The number of benzene rings is 2. The molecule has 0 spiro atoms. The van der Waals surface area contributed by atoms with Crippen molar-refractivity contribution in [2.24, 2.45) is 0 Å². The fraction of sp³-hybridized carbons (Fsp3) is 0.133. The Bertz CT molecular complexity index is 549. The van der Waals surface area contributed by atoms with E-state index in [0.29, 0.717) is 12.1 Å². The Morgan fingerprint density at radius 3 is 2.32 bits per heavy atom. The van der Waals surface area contributed by atoms with Crippen LogP contribution in [0.25, 0.3) is 0 Å². The predicted octanol–water partition coefficient (Wildman–Crippen LogP) is 2.65. The average Bonchev–Trinajstić information content (AvgIpc) is 2.41. The summed E-state index contributed by atoms with van der Waals surface area (Å²) in [5.41, 5.74) is 1.70. The van der Waals surface area contributed by atoms with Crippen LogP contribution in [-0.4, -0.2) is 17.6 Å². The molecule has 0 heterocycles. The number of amides is 1. The number of carbonyl (C=O) groups excluding carboxylic acids is 1. The zero-order valence-electron chi connectivity index (χ0n) is 10.3. The van der Waals surface area contributed by atoms with E-state index in [0.717, 1.165) is 16.9 Å². The minimum absolute atomic E-state index is 0.0906. The first-order chi connectivity index (χ1) is 9.15. The molecule has 98 valence electrons. The number of phenolic OH excluding ortho intramolecular Hbond substituents is 1. The van der Waals surface area contributed by atoms with Gasteiger partial charge in [0.25, 0.3) is 5.91 Å². The van der Waals surface area contributed by atoms with E-state index < -0.39 is 0 Å². The fourth-order valence-corrected chi connectivity index (χ4v) is 1.85. The molecule has 19 heavy (non-hydrogen) atoms. The lowest BCUT2D eigenvalue weighted by molar-refractivity contribution is 0.0954. The molecule has 2 aromatic rings. The lowest BCUT2D eigenvalue weighted by Crippen LogP contribution is -2.25. The van der Waals surface area contributed by atoms with Crippen LogP contribution in [0.5, 0.6) is 5.75 Å². The predicted molar refractivity (Wildman–Crippen MR) is 77.8 cm³/mol. The second-order valence-electron chi connectivity index (χ2n) is 4.22. The molecule has 0 aromatic heterocycles. The maximum atomic E-state index is 11.8. The van der Waals surface area contributed by atoms with Crippen LogP contribution in [-0.2, 0) is 6.42 Å². The molecule has 3 nitrogen and oxygen atoms in total. The molecule has 0 aliphatic rings. The Labute approximate surface area is 117 Å². The van der Waals surface area contributed by atoms with Gasteiger partial charge in [-0.2, -0.15) is 0 Å². The van der Waals surface area contributed by atoms with Crippen molar-refractivity contribution < 1.29 is 9.90 Å². The highest BCUT2D eigenvalue weighted by atomic mass is 32.1. The molecular formula is C15H15NO2S. The number of hydrogen-bond acceptors (Lipinski definition) is 3. The molecule has 0 bridgehead atoms. The van der Waals surface area contributed by atoms with E-state index in [1.54, 1.807) is 36.4 Å². The molecule has 4 heteroatoms. The minimum Gasteiger partial charge on any atom is -0.508 e. The molecule has 2 aromatic carbocycles. The van der Waals surface area contributed by atoms with Crippen LogP contribution in [0.3, 0.4) is 0 Å². The highest BCUT2D eigenvalue weighted by Crippen LogP contribution is 2.10. The Hall–Kier alpha value is -1.94. The minimum atomic E-state index is -0.0906. The van der Waals surface area contributed by atoms with E-state index in [2.05, 4.69) is 17.9 Å². The summed E-state index contributed by atoms with van der Waals surface area (Å²) < 4.78 is 0. The van der Waals surface area contributed by atoms with Gasteiger partial charge in [-0.1, -0.05) is 12.1 Å². The first-order valence-corrected chi connectivity index (χ1v) is 6.45. The van der Waals surface area contributed by atoms with Crippen molar-refractivity contribution in [3.63, 3.8) is 0 Å². The second kappa shape index (κ2) is 6.29. The molecule has 1 amide bonds. The highest BCUT2D eigenvalue weighted by molar-refractivity contribution is 7.80. The molecule has 0 saturated carbocycles. The van der Waals surface area contributed by atoms with E-state index in [1.807, 2.05) is 12.1 Å². The number of thiol groups is 1. The van der Waals surface area contributed by atoms with Gasteiger partial charge >= 0.3 is 0 Å². The van der Waals surface area contributed by atoms with E-state index in [9.17, 15) is 4.79 Å². The topological polar surface area (TPSA) is 49.3 Å². The van der Waals surface area contributed by atoms with Gasteiger partial charge in [0, 0.05) is 17.0 Å². The van der Waals surface area contributed by atoms with Crippen LogP contribution in [0.2, 0.25) is 0 Å². The molecule has 0 fully saturated rings. The quantitative estimate of drug-likeness (QED) is 0.750. The maximum Gasteiger partial charge on any atom is 0.251 e. The van der Waals surface area contributed by atoms with Crippen molar-refractivity contribution in [3.8, 4) is 5.75 Å². The molecule has 0 unspecified atom stereocenters. The van der Waals surface area contributed by atoms with Gasteiger partial charge < -0.3 is 10.4 Å². The van der Waals surface area contributed by atoms with Gasteiger partial charge in [-0.15, -0.1) is 12.6 Å². The largest absolute Gasteiger partial charge is 0.508 e. The zero-order chi connectivity index (χ0) is 13.7. The number of rotatable bonds is 4. The summed E-state index contributed by atoms with van der Waals surface area (Å²) >= 11 is 4.17. The summed E-state index contributed by atoms with van der Waals surface area (Å²) in [4.78, 5) is 12.7. The first kappa shape index (κ1) is 13.5. The van der Waals surface area contributed by atoms with Gasteiger partial charge in [-0.3, -0.25) is 4.79 Å². The number of carbonyl (C=O) groups is 1. The first-order valence-electron chi connectivity index (χ1n) is 6.00. The summed E-state index contributed by atoms with van der Waals surface area (Å²) in [5, 5.41) is 12.0. The van der Waals surface area contributed by atoms with Gasteiger partial charge in [0.15, 0.2) is 0 Å². The molecule has 0 radical (unpaired) electrons. The van der Waals surface area contributed by atoms with Crippen molar-refractivity contribution in [2.75, 3.05) is 6.54 Å². The van der Waals surface area contributed by atoms with Crippen LogP contribution in [0.4, 0.5) is 0 Å². The summed E-state index contributed by atoms with van der Waals surface area (Å²) in [6.45, 7) is 0.562. The van der Waals surface area contributed by atoms with Gasteiger partial charge in [-0.25, -0.2) is 0 Å². The fourth-order valence-electron chi connectivity index (χ4n) is 1.70. The molecule has 0 atom stereocenters. The summed E-state index contributed by atoms with van der Waals surface area (Å²) in [6, 6.07) is 14.0. The number of nitrogens with one attached hydrogen (secondary N) is 1. The second-order valence-corrected chi connectivity index (χ2v) is 4.74. The van der Waals surface area contributed by atoms with Gasteiger partial charge in [0.1, 0.15) is 5.75 Å². The lowest BCUT2D eigenvalue weighted by atomic mass is 10.1. The smallest absolute Gasteiger partial charge is 0.251 e. The van der Waals surface area contributed by atoms with E-state index in [-0.39, 0.29) is 11.7 Å². The molecule has 0 aliphatic carbocycles. The lowest BCUT2D eigenvalue weighted by Gasteiger charge is -2.06. The summed E-state index contributed by atoms with van der Waals surface area (Å²) in [5.74, 6) is 0.159. The Morgan fingerprint density at radius 1 is 1.05 bits per heavy atom. The molecule has 0 aliphatic heterocycles. The van der Waals surface area contributed by atoms with Gasteiger partial charge in [-0.05, 0) is 48.4 Å². The third kappa shape index (κ3) is 4.03. The average molecular weight is 273 g/mol. The highest BCUT2D eigenvalue weighted by Gasteiger charge is 2.04. The van der Waals surface area contributed by atoms with E-state index >= 15 is 0 Å². The normalized spacial score (nSPS) is 10.2. The standard InChI is InChI=1S/C15H15NO2S/c17-13-5-1-11(2-6-13)9-10-16-15(18)12-3-7-14(19)8-4-12/h1-8,17,19H,9-10H2,(H,16,18). The Balaban J connectivity index is 1.84. The van der Waals surface area contributed by atoms with Crippen molar-refractivity contribution in [1.29, 1.82) is 0 Å². The van der Waals surface area contributed by atoms with Crippen molar-refractivity contribution in [1.82, 2.24) is 5.32 Å². The van der Waals surface area contributed by atoms with Crippen LogP contribution in [0.15, 0.2) is 53.4 Å². The molecule has 0 saturated heterocycles. The van der Waals surface area contributed by atoms with Crippen LogP contribution >= 0.6 is 12.6 Å². The molecule has 2 rings (SSSR count). The molecule has 2 N–H and O–H groups in total. The monoisotopic (exact) mass is 273 g/mol. The van der Waals surface area contributed by atoms with Crippen molar-refractivity contribution >= 4 is 18.5 Å². The summed E-state index contributed by atoms with van der Waals surface area (Å²) in [6.07, 6.45) is 0.733. The third-order valence-electron chi connectivity index (χ3n) is 2.77. The van der Waals surface area contributed by atoms with Gasteiger partial charge in [0.2, 0.25) is 0 Å². The van der Waals surface area contributed by atoms with E-state index in [1.165, 1.54) is 0 Å². The van der Waals surface area contributed by atoms with E-state index in [4.69, 9.17) is 5.11 Å². The maximum absolute atomic E-state index is 11.8. The zero-order valence-corrected chi connectivity index (χ0v) is 11.2. The van der Waals surface area contributed by atoms with Gasteiger partial charge in [0.05, 0.1) is 0 Å². The Morgan fingerprint density at radius 2 is 1.68 bits per heavy atom. The van der Waals surface area contributed by atoms with Crippen molar-refractivity contribution in [3.05, 3.63) is 59.7 Å². The Kier molecular flexibility index (Phi) is 4.47. The summed E-state index contributed by atoms with van der Waals surface area (Å²) in [7, 11) is 0.